The summed E-state index contributed by atoms with van der Waals surface area (Å²) in [5, 5.41) is 0.884. The van der Waals surface area contributed by atoms with E-state index in [0.29, 0.717) is 10.4 Å². The lowest BCUT2D eigenvalue weighted by Gasteiger charge is -2.07. The van der Waals surface area contributed by atoms with E-state index in [2.05, 4.69) is 6.07 Å². The molecule has 0 N–H and O–H groups in total. The summed E-state index contributed by atoms with van der Waals surface area (Å²) in [5.74, 6) is 0. The number of nitrogens with zero attached hydrogens (tertiary/aromatic N) is 1. The number of rotatable bonds is 2. The number of hydrogen-bond acceptors (Lipinski definition) is 2. The molecule has 0 spiro atoms. The highest BCUT2D eigenvalue weighted by Crippen LogP contribution is 2.21. The lowest BCUT2D eigenvalue weighted by atomic mass is 10.2. The summed E-state index contributed by atoms with van der Waals surface area (Å²) in [6.45, 7) is 1.93. The van der Waals surface area contributed by atoms with Gasteiger partial charge in [0.1, 0.15) is 0 Å². The highest BCUT2D eigenvalue weighted by Gasteiger charge is 2.18. The van der Waals surface area contributed by atoms with Crippen molar-refractivity contribution in [3.8, 4) is 0 Å². The Hall–Kier alpha value is -2.07. The molecule has 0 saturated carbocycles. The van der Waals surface area contributed by atoms with Gasteiger partial charge in [0.05, 0.1) is 10.4 Å². The Bertz CT molecular complexity index is 830. The SMILES string of the molecule is Cc1ccc(S(=O)(=O)n2ccc3cc[c]cc32)cc1. The van der Waals surface area contributed by atoms with Crippen molar-refractivity contribution in [1.82, 2.24) is 3.97 Å². The van der Waals surface area contributed by atoms with Gasteiger partial charge in [-0.25, -0.2) is 12.4 Å². The summed E-state index contributed by atoms with van der Waals surface area (Å²) in [7, 11) is -3.54. The number of aryl methyl sites for hydroxylation is 1. The van der Waals surface area contributed by atoms with Crippen LogP contribution in [0.1, 0.15) is 5.56 Å². The molecule has 0 saturated heterocycles. The van der Waals surface area contributed by atoms with E-state index in [-0.39, 0.29) is 0 Å². The van der Waals surface area contributed by atoms with E-state index in [9.17, 15) is 8.42 Å². The third kappa shape index (κ3) is 1.94. The second-order valence-corrected chi connectivity index (χ2v) is 6.23. The molecule has 1 heterocycles. The number of fused-ring (bicyclic) bond motifs is 1. The molecular formula is C15H12NO2S. The van der Waals surface area contributed by atoms with Gasteiger partial charge in [0.2, 0.25) is 0 Å². The maximum atomic E-state index is 12.6. The van der Waals surface area contributed by atoms with Crippen LogP contribution in [0.15, 0.2) is 59.6 Å². The second kappa shape index (κ2) is 4.24. The van der Waals surface area contributed by atoms with Crippen LogP contribution in [-0.4, -0.2) is 12.4 Å². The molecule has 0 aliphatic heterocycles. The molecule has 0 unspecified atom stereocenters. The van der Waals surface area contributed by atoms with Crippen molar-refractivity contribution in [2.75, 3.05) is 0 Å². The molecule has 3 aromatic rings. The van der Waals surface area contributed by atoms with Crippen LogP contribution in [0.4, 0.5) is 0 Å². The van der Waals surface area contributed by atoms with Crippen molar-refractivity contribution >= 4 is 20.9 Å². The molecule has 0 atom stereocenters. The Morgan fingerprint density at radius 1 is 1.05 bits per heavy atom. The molecule has 19 heavy (non-hydrogen) atoms. The Balaban J connectivity index is 2.22. The van der Waals surface area contributed by atoms with Gasteiger partial charge in [-0.05, 0) is 37.3 Å². The van der Waals surface area contributed by atoms with Crippen LogP contribution >= 0.6 is 0 Å². The first-order chi connectivity index (χ1) is 9.09. The van der Waals surface area contributed by atoms with Gasteiger partial charge in [0.25, 0.3) is 10.0 Å². The van der Waals surface area contributed by atoms with Crippen LogP contribution in [0.5, 0.6) is 0 Å². The fourth-order valence-electron chi connectivity index (χ4n) is 2.03. The third-order valence-corrected chi connectivity index (χ3v) is 4.78. The molecule has 3 nitrogen and oxygen atoms in total. The molecule has 0 aliphatic rings. The summed E-state index contributed by atoms with van der Waals surface area (Å²) in [4.78, 5) is 0.291. The second-order valence-electron chi connectivity index (χ2n) is 4.41. The monoisotopic (exact) mass is 270 g/mol. The molecule has 2 aromatic carbocycles. The van der Waals surface area contributed by atoms with E-state index >= 15 is 0 Å². The van der Waals surface area contributed by atoms with Gasteiger partial charge in [-0.3, -0.25) is 0 Å². The molecule has 95 valence electrons. The molecule has 0 fully saturated rings. The zero-order valence-corrected chi connectivity index (χ0v) is 11.2. The van der Waals surface area contributed by atoms with Crippen molar-refractivity contribution in [2.24, 2.45) is 0 Å². The van der Waals surface area contributed by atoms with Crippen LogP contribution in [0.2, 0.25) is 0 Å². The fourth-order valence-corrected chi connectivity index (χ4v) is 3.37. The minimum absolute atomic E-state index is 0.291. The highest BCUT2D eigenvalue weighted by atomic mass is 32.2. The van der Waals surface area contributed by atoms with Crippen molar-refractivity contribution in [3.05, 3.63) is 66.4 Å². The van der Waals surface area contributed by atoms with Gasteiger partial charge < -0.3 is 0 Å². The number of benzene rings is 2. The molecule has 0 aliphatic carbocycles. The summed E-state index contributed by atoms with van der Waals surface area (Å²) in [6.07, 6.45) is 1.58. The highest BCUT2D eigenvalue weighted by molar-refractivity contribution is 7.90. The summed E-state index contributed by atoms with van der Waals surface area (Å²) in [6, 6.07) is 16.8. The van der Waals surface area contributed by atoms with Gasteiger partial charge in [-0.2, -0.15) is 0 Å². The normalized spacial score (nSPS) is 11.8. The average Bonchev–Trinajstić information content (AvgIpc) is 2.83. The van der Waals surface area contributed by atoms with Gasteiger partial charge in [0, 0.05) is 11.6 Å². The fraction of sp³-hybridized carbons (Fsp3) is 0.0667. The van der Waals surface area contributed by atoms with E-state index in [1.54, 1.807) is 48.7 Å². The Kier molecular flexibility index (Phi) is 2.68. The van der Waals surface area contributed by atoms with Gasteiger partial charge in [-0.1, -0.05) is 29.8 Å². The topological polar surface area (TPSA) is 39.1 Å². The summed E-state index contributed by atoms with van der Waals surface area (Å²) in [5.41, 5.74) is 1.67. The minimum atomic E-state index is -3.54. The average molecular weight is 270 g/mol. The lowest BCUT2D eigenvalue weighted by molar-refractivity contribution is 0.589. The van der Waals surface area contributed by atoms with E-state index in [4.69, 9.17) is 0 Å². The van der Waals surface area contributed by atoms with Crippen molar-refractivity contribution in [1.29, 1.82) is 0 Å². The maximum Gasteiger partial charge on any atom is 0.268 e. The first kappa shape index (κ1) is 12.0. The van der Waals surface area contributed by atoms with Gasteiger partial charge in [0.15, 0.2) is 0 Å². The predicted octanol–water partition coefficient (Wildman–Crippen LogP) is 2.99. The summed E-state index contributed by atoms with van der Waals surface area (Å²) >= 11 is 0. The maximum absolute atomic E-state index is 12.6. The van der Waals surface area contributed by atoms with Crippen LogP contribution in [0, 0.1) is 13.0 Å². The number of aromatic nitrogens is 1. The molecule has 1 aromatic heterocycles. The van der Waals surface area contributed by atoms with E-state index in [1.165, 1.54) is 3.97 Å². The Morgan fingerprint density at radius 2 is 1.79 bits per heavy atom. The largest absolute Gasteiger partial charge is 0.268 e. The molecular weight excluding hydrogens is 258 g/mol. The molecule has 0 amide bonds. The smallest absolute Gasteiger partial charge is 0.241 e. The Labute approximate surface area is 112 Å². The standard InChI is InChI=1S/C15H12NO2S/c1-12-6-8-14(9-7-12)19(17,18)16-11-10-13-4-2-3-5-15(13)16/h2,4-11H,1H3. The zero-order chi connectivity index (χ0) is 13.5. The van der Waals surface area contributed by atoms with E-state index < -0.39 is 10.0 Å². The lowest BCUT2D eigenvalue weighted by Crippen LogP contribution is -2.11. The number of hydrogen-bond donors (Lipinski definition) is 0. The van der Waals surface area contributed by atoms with Crippen LogP contribution in [-0.2, 0) is 10.0 Å². The van der Waals surface area contributed by atoms with E-state index in [0.717, 1.165) is 10.9 Å². The van der Waals surface area contributed by atoms with Gasteiger partial charge in [-0.15, -0.1) is 0 Å². The van der Waals surface area contributed by atoms with Crippen molar-refractivity contribution < 1.29 is 8.42 Å². The predicted molar refractivity (Wildman–Crippen MR) is 74.5 cm³/mol. The van der Waals surface area contributed by atoms with Crippen LogP contribution in [0.25, 0.3) is 10.9 Å². The van der Waals surface area contributed by atoms with Gasteiger partial charge >= 0.3 is 0 Å². The first-order valence-corrected chi connectivity index (χ1v) is 7.32. The molecule has 1 radical (unpaired) electrons. The van der Waals surface area contributed by atoms with Crippen molar-refractivity contribution in [2.45, 2.75) is 11.8 Å². The first-order valence-electron chi connectivity index (χ1n) is 5.88. The Morgan fingerprint density at radius 3 is 2.53 bits per heavy atom. The van der Waals surface area contributed by atoms with Crippen molar-refractivity contribution in [3.63, 3.8) is 0 Å². The van der Waals surface area contributed by atoms with E-state index in [1.807, 2.05) is 13.0 Å². The van der Waals surface area contributed by atoms with Crippen LogP contribution < -0.4 is 0 Å². The quantitative estimate of drug-likeness (QED) is 0.718. The minimum Gasteiger partial charge on any atom is -0.241 e. The molecule has 0 bridgehead atoms. The third-order valence-electron chi connectivity index (χ3n) is 3.08. The zero-order valence-electron chi connectivity index (χ0n) is 10.4. The summed E-state index contributed by atoms with van der Waals surface area (Å²) < 4.78 is 26.4. The molecule has 4 heteroatoms. The molecule has 3 rings (SSSR count). The van der Waals surface area contributed by atoms with Crippen LogP contribution in [0.3, 0.4) is 0 Å².